The molecular weight excluding hydrogens is 998 g/mol. The highest BCUT2D eigenvalue weighted by atomic mass is 19.3. The molecule has 0 aromatic rings. The first-order valence-electron chi connectivity index (χ1n) is 21.1. The van der Waals surface area contributed by atoms with Gasteiger partial charge in [0.1, 0.15) is 49.3 Å². The minimum Gasteiger partial charge on any atom is -0.463 e. The highest BCUT2D eigenvalue weighted by Crippen LogP contribution is 2.43. The molecule has 0 spiro atoms. The molecule has 73 heavy (non-hydrogen) atoms. The van der Waals surface area contributed by atoms with Crippen molar-refractivity contribution in [2.45, 2.75) is 164 Å². The van der Waals surface area contributed by atoms with Gasteiger partial charge in [0, 0.05) is 71.0 Å². The summed E-state index contributed by atoms with van der Waals surface area (Å²) in [7, 11) is 0. The van der Waals surface area contributed by atoms with Gasteiger partial charge in [-0.15, -0.1) is 0 Å². The van der Waals surface area contributed by atoms with Crippen LogP contribution >= 0.6 is 0 Å². The second kappa shape index (κ2) is 26.7. The lowest BCUT2D eigenvalue weighted by Gasteiger charge is -2.48. The van der Waals surface area contributed by atoms with Crippen molar-refractivity contribution in [2.24, 2.45) is 30.7 Å². The van der Waals surface area contributed by atoms with Crippen LogP contribution in [0.3, 0.4) is 0 Å². The number of alkyl halides is 2. The van der Waals surface area contributed by atoms with Gasteiger partial charge in [-0.25, -0.2) is 8.78 Å². The Balaban J connectivity index is 1.94. The van der Waals surface area contributed by atoms with Crippen LogP contribution in [0.15, 0.2) is 30.7 Å². The van der Waals surface area contributed by atoms with Gasteiger partial charge >= 0.3 is 35.8 Å². The van der Waals surface area contributed by atoms with E-state index in [4.69, 9.17) is 67.9 Å². The molecule has 18 atom stereocenters. The zero-order chi connectivity index (χ0) is 54.2. The Morgan fingerprint density at radius 2 is 0.959 bits per heavy atom. The predicted octanol–water partition coefficient (Wildman–Crippen LogP) is 3.91. The SMILES string of the molecule is CC(=O)OC[C@H]1O[C@@H](O[C@H]2[C@H](O[C@H]3O[C@H](CN=[N+]=[N-])[C@@H](OC(C)=O)C(F)(F)C3N=[N+]=[N-])C(N=[N+]=[N-])CC(N=[N+]=[N-])[C@@H]2OC(C)=O)[C@H](OC(C)=O)[C@@H]1O[C@H]1O[C@@H](CN=[N+]=[N-])[C@@H](OC(C)=O)[C@H](OC(C)=O)C1N=[N+]=[N-]. The molecule has 3 saturated heterocycles. The summed E-state index contributed by atoms with van der Waals surface area (Å²) < 4.78 is 101. The molecular formula is C35H44F2N18O18. The van der Waals surface area contributed by atoms with E-state index in [0.717, 1.165) is 41.5 Å². The summed E-state index contributed by atoms with van der Waals surface area (Å²) in [6.45, 7) is 3.02. The molecule has 0 aromatic carbocycles. The highest BCUT2D eigenvalue weighted by molar-refractivity contribution is 5.68. The summed E-state index contributed by atoms with van der Waals surface area (Å²) >= 11 is 0. The van der Waals surface area contributed by atoms with Gasteiger partial charge in [0.05, 0.1) is 31.3 Å². The van der Waals surface area contributed by atoms with Crippen molar-refractivity contribution >= 4 is 35.8 Å². The van der Waals surface area contributed by atoms with Gasteiger partial charge < -0.3 is 56.8 Å². The Hall–Kier alpha value is -7.70. The molecule has 0 radical (unpaired) electrons. The van der Waals surface area contributed by atoms with Crippen LogP contribution in [0.4, 0.5) is 8.78 Å². The van der Waals surface area contributed by atoms with E-state index in [2.05, 4.69) is 60.2 Å². The largest absolute Gasteiger partial charge is 0.463 e. The van der Waals surface area contributed by atoms with E-state index in [-0.39, 0.29) is 0 Å². The van der Waals surface area contributed by atoms with Gasteiger partial charge in [-0.3, -0.25) is 28.8 Å². The number of rotatable bonds is 21. The van der Waals surface area contributed by atoms with Crippen LogP contribution in [-0.2, 0) is 85.6 Å². The maximum absolute atomic E-state index is 16.5. The molecule has 1 saturated carbocycles. The minimum atomic E-state index is -4.41. The Bertz CT molecular complexity index is 2380. The predicted molar refractivity (Wildman–Crippen MR) is 224 cm³/mol. The van der Waals surface area contributed by atoms with Crippen molar-refractivity contribution in [3.05, 3.63) is 62.7 Å². The van der Waals surface area contributed by atoms with E-state index in [1.807, 2.05) is 0 Å². The van der Waals surface area contributed by atoms with Gasteiger partial charge in [0.25, 0.3) is 5.92 Å². The second-order valence-corrected chi connectivity index (χ2v) is 15.7. The summed E-state index contributed by atoms with van der Waals surface area (Å²) in [5.41, 5.74) is 56.7. The lowest BCUT2D eigenvalue weighted by atomic mass is 9.83. The number of azide groups is 6. The molecule has 0 aromatic heterocycles. The van der Waals surface area contributed by atoms with Crippen LogP contribution in [0, 0.1) is 0 Å². The Morgan fingerprint density at radius 3 is 1.49 bits per heavy atom. The fraction of sp³-hybridized carbons (Fsp3) is 0.829. The standard InChI is InChI=1S/C35H44F2N18O18/c1-11(56)62-10-21-26(72-32-22(48-54-42)27(65-14(4)59)25(64-13(3)58)19(68-32)8-44-50-38)29(66-15(5)60)33(70-21)73-28-23(63-12(2)57)17(46-52-40)7-18(47-53-41)24(28)71-34-30(49-55-43)35(36,37)31(67-16(6)61)20(69-34)9-45-51-39/h17-34H,7-10H2,1-6H3/t17?,18?,19-,20+,21+,22?,23-,24+,25+,26+,27+,28+,29+,30?,31+,32+,33-,34+/m0/s1. The zero-order valence-corrected chi connectivity index (χ0v) is 38.9. The molecule has 1 aliphatic carbocycles. The monoisotopic (exact) mass is 1040 g/mol. The Morgan fingerprint density at radius 1 is 0.493 bits per heavy atom. The highest BCUT2D eigenvalue weighted by Gasteiger charge is 2.63. The van der Waals surface area contributed by atoms with E-state index >= 15 is 8.78 Å². The molecule has 3 aliphatic heterocycles. The first-order valence-corrected chi connectivity index (χ1v) is 21.1. The van der Waals surface area contributed by atoms with Crippen molar-refractivity contribution in [3.63, 3.8) is 0 Å². The lowest BCUT2D eigenvalue weighted by Crippen LogP contribution is -2.66. The summed E-state index contributed by atoms with van der Waals surface area (Å²) in [4.78, 5) is 90.6. The van der Waals surface area contributed by atoms with Gasteiger partial charge in [0.15, 0.2) is 49.3 Å². The molecule has 0 bridgehead atoms. The normalized spacial score (nSPS) is 34.0. The Kier molecular flexibility index (Phi) is 21.1. The fourth-order valence-electron chi connectivity index (χ4n) is 8.15. The topological polar surface area (TPSA) is 506 Å². The van der Waals surface area contributed by atoms with Crippen LogP contribution in [0.25, 0.3) is 62.7 Å². The summed E-state index contributed by atoms with van der Waals surface area (Å²) in [6, 6.07) is -7.92. The molecule has 4 unspecified atom stereocenters. The number of hydrogen-bond donors (Lipinski definition) is 0. The fourth-order valence-corrected chi connectivity index (χ4v) is 8.15. The lowest BCUT2D eigenvalue weighted by molar-refractivity contribution is -0.332. The van der Waals surface area contributed by atoms with Crippen LogP contribution in [0.5, 0.6) is 0 Å². The summed E-state index contributed by atoms with van der Waals surface area (Å²) in [5, 5.41) is 20.8. The molecule has 38 heteroatoms. The first kappa shape index (κ1) is 57.9. The molecule has 36 nitrogen and oxygen atoms in total. The average Bonchev–Trinajstić information content (AvgIpc) is 3.61. The number of nitrogens with zero attached hydrogens (tertiary/aromatic N) is 18. The van der Waals surface area contributed by atoms with Gasteiger partial charge in [-0.1, -0.05) is 30.7 Å². The van der Waals surface area contributed by atoms with Crippen molar-refractivity contribution in [2.75, 3.05) is 19.7 Å². The second-order valence-electron chi connectivity index (χ2n) is 15.7. The first-order chi connectivity index (χ1) is 34.6. The van der Waals surface area contributed by atoms with Crippen LogP contribution in [-0.4, -0.2) is 172 Å². The third-order valence-electron chi connectivity index (χ3n) is 10.7. The zero-order valence-electron chi connectivity index (χ0n) is 38.9. The van der Waals surface area contributed by atoms with Gasteiger partial charge in [-0.2, -0.15) is 0 Å². The maximum Gasteiger partial charge on any atom is 0.303 e. The number of carbonyl (C=O) groups excluding carboxylic acids is 6. The smallest absolute Gasteiger partial charge is 0.303 e. The third kappa shape index (κ3) is 14.9. The minimum absolute atomic E-state index is 0.613. The van der Waals surface area contributed by atoms with Crippen molar-refractivity contribution in [1.82, 2.24) is 0 Å². The van der Waals surface area contributed by atoms with Gasteiger partial charge in [0.2, 0.25) is 0 Å². The van der Waals surface area contributed by atoms with E-state index in [1.165, 1.54) is 0 Å². The molecule has 0 N–H and O–H groups in total. The number of hydrogen-bond acceptors (Lipinski definition) is 24. The average molecular weight is 1040 g/mol. The van der Waals surface area contributed by atoms with Crippen molar-refractivity contribution < 1.29 is 94.4 Å². The number of halogens is 2. The van der Waals surface area contributed by atoms with Crippen molar-refractivity contribution in [3.8, 4) is 0 Å². The quantitative estimate of drug-likeness (QED) is 0.0517. The molecule has 4 rings (SSSR count). The van der Waals surface area contributed by atoms with E-state index < -0.39 is 178 Å². The van der Waals surface area contributed by atoms with Crippen LogP contribution < -0.4 is 0 Å². The van der Waals surface area contributed by atoms with Crippen LogP contribution in [0.1, 0.15) is 48.0 Å². The molecule has 3 heterocycles. The van der Waals surface area contributed by atoms with Crippen LogP contribution in [0.2, 0.25) is 0 Å². The number of carbonyl (C=O) groups is 6. The number of ether oxygens (including phenoxy) is 12. The molecule has 4 aliphatic rings. The molecule has 4 fully saturated rings. The molecule has 396 valence electrons. The third-order valence-corrected chi connectivity index (χ3v) is 10.7. The Labute approximate surface area is 407 Å². The van der Waals surface area contributed by atoms with Crippen molar-refractivity contribution in [1.29, 1.82) is 0 Å². The van der Waals surface area contributed by atoms with E-state index in [9.17, 15) is 50.9 Å². The van der Waals surface area contributed by atoms with E-state index in [0.29, 0.717) is 0 Å². The van der Waals surface area contributed by atoms with Gasteiger partial charge in [-0.05, 0) is 39.6 Å². The van der Waals surface area contributed by atoms with E-state index in [1.54, 1.807) is 0 Å². The molecule has 0 amide bonds. The summed E-state index contributed by atoms with van der Waals surface area (Å²) in [5.74, 6) is -10.8. The summed E-state index contributed by atoms with van der Waals surface area (Å²) in [6.07, 6.45) is -28.5. The number of esters is 6. The maximum atomic E-state index is 16.5.